The van der Waals surface area contributed by atoms with Gasteiger partial charge in [-0.15, -0.1) is 0 Å². The zero-order chi connectivity index (χ0) is 21.0. The predicted octanol–water partition coefficient (Wildman–Crippen LogP) is 3.80. The lowest BCUT2D eigenvalue weighted by Gasteiger charge is -2.19. The van der Waals surface area contributed by atoms with E-state index in [0.29, 0.717) is 19.7 Å². The van der Waals surface area contributed by atoms with E-state index in [1.807, 2.05) is 48.5 Å². The average molecular weight is 405 g/mol. The molecule has 1 unspecified atom stereocenters. The van der Waals surface area contributed by atoms with Gasteiger partial charge in [0.2, 0.25) is 5.91 Å². The van der Waals surface area contributed by atoms with Gasteiger partial charge in [-0.3, -0.25) is 20.1 Å². The number of benzene rings is 1. The van der Waals surface area contributed by atoms with E-state index < -0.39 is 6.04 Å². The van der Waals surface area contributed by atoms with Gasteiger partial charge in [0.15, 0.2) is 0 Å². The van der Waals surface area contributed by atoms with Gasteiger partial charge < -0.3 is 10.1 Å². The fourth-order valence-corrected chi connectivity index (χ4v) is 2.97. The highest BCUT2D eigenvalue weighted by molar-refractivity contribution is 5.83. The average Bonchev–Trinajstić information content (AvgIpc) is 2.80. The second kappa shape index (κ2) is 11.7. The molecule has 0 aliphatic rings. The smallest absolute Gasteiger partial charge is 0.242 e. The summed E-state index contributed by atoms with van der Waals surface area (Å²) >= 11 is 0. The minimum absolute atomic E-state index is 0.0876. The Labute approximate surface area is 177 Å². The van der Waals surface area contributed by atoms with Crippen LogP contribution in [0.5, 0.6) is 5.75 Å². The largest absolute Gasteiger partial charge is 0.494 e. The number of nitrogens with zero attached hydrogens (tertiary/aromatic N) is 2. The number of hydrogen-bond donors (Lipinski definition) is 2. The lowest BCUT2D eigenvalue weighted by Crippen LogP contribution is -2.37. The molecule has 0 saturated heterocycles. The molecule has 1 amide bonds. The van der Waals surface area contributed by atoms with E-state index in [0.717, 1.165) is 35.3 Å². The van der Waals surface area contributed by atoms with Crippen molar-refractivity contribution >= 4 is 5.91 Å². The van der Waals surface area contributed by atoms with Crippen molar-refractivity contribution in [3.63, 3.8) is 0 Å². The maximum atomic E-state index is 13.0. The summed E-state index contributed by atoms with van der Waals surface area (Å²) in [5.74, 6) is 0.728. The van der Waals surface area contributed by atoms with Crippen molar-refractivity contribution in [1.29, 1.82) is 0 Å². The summed E-state index contributed by atoms with van der Waals surface area (Å²) in [6, 6.07) is 14.9. The van der Waals surface area contributed by atoms with Gasteiger partial charge in [0, 0.05) is 37.9 Å². The van der Waals surface area contributed by atoms with Gasteiger partial charge in [0.05, 0.1) is 6.61 Å². The maximum Gasteiger partial charge on any atom is 0.242 e. The lowest BCUT2D eigenvalue weighted by molar-refractivity contribution is -0.123. The van der Waals surface area contributed by atoms with E-state index >= 15 is 0 Å². The highest BCUT2D eigenvalue weighted by Gasteiger charge is 2.20. The van der Waals surface area contributed by atoms with Crippen LogP contribution in [0.3, 0.4) is 0 Å². The van der Waals surface area contributed by atoms with Gasteiger partial charge in [-0.25, -0.2) is 0 Å². The third kappa shape index (κ3) is 6.67. The summed E-state index contributed by atoms with van der Waals surface area (Å²) < 4.78 is 5.74. The van der Waals surface area contributed by atoms with Gasteiger partial charge >= 0.3 is 0 Å². The fourth-order valence-electron chi connectivity index (χ4n) is 2.97. The first-order valence-corrected chi connectivity index (χ1v) is 10.3. The molecule has 0 bridgehead atoms. The molecule has 2 N–H and O–H groups in total. The number of rotatable bonds is 11. The molecule has 0 spiro atoms. The zero-order valence-electron chi connectivity index (χ0n) is 17.3. The summed E-state index contributed by atoms with van der Waals surface area (Å²) in [4.78, 5) is 21.1. The van der Waals surface area contributed by atoms with Gasteiger partial charge in [-0.2, -0.15) is 0 Å². The third-order valence-corrected chi connectivity index (χ3v) is 4.69. The maximum absolute atomic E-state index is 13.0. The van der Waals surface area contributed by atoms with Crippen molar-refractivity contribution in [2.45, 2.75) is 38.9 Å². The Kier molecular flexibility index (Phi) is 8.35. The molecule has 2 aromatic heterocycles. The minimum Gasteiger partial charge on any atom is -0.494 e. The molecule has 1 atom stereocenters. The Bertz CT molecular complexity index is 886. The number of hydrogen-bond acceptors (Lipinski definition) is 5. The highest BCUT2D eigenvalue weighted by atomic mass is 16.5. The Morgan fingerprint density at radius 3 is 2.47 bits per heavy atom. The van der Waals surface area contributed by atoms with E-state index in [2.05, 4.69) is 27.5 Å². The van der Waals surface area contributed by atoms with Crippen LogP contribution in [0.1, 0.15) is 42.5 Å². The molecule has 156 valence electrons. The van der Waals surface area contributed by atoms with Gasteiger partial charge in [0.1, 0.15) is 11.8 Å². The Morgan fingerprint density at radius 1 is 0.967 bits per heavy atom. The van der Waals surface area contributed by atoms with Crippen molar-refractivity contribution in [2.75, 3.05) is 6.61 Å². The molecule has 3 aromatic rings. The van der Waals surface area contributed by atoms with Crippen LogP contribution in [0, 0.1) is 0 Å². The van der Waals surface area contributed by atoms with E-state index in [-0.39, 0.29) is 5.91 Å². The molecule has 30 heavy (non-hydrogen) atoms. The topological polar surface area (TPSA) is 76.1 Å². The summed E-state index contributed by atoms with van der Waals surface area (Å²) in [6.07, 6.45) is 9.08. The number of pyridine rings is 2. The third-order valence-electron chi connectivity index (χ3n) is 4.69. The van der Waals surface area contributed by atoms with Gasteiger partial charge in [0.25, 0.3) is 0 Å². The monoisotopic (exact) mass is 404 g/mol. The number of carbonyl (C=O) groups excluding carboxylic acids is 1. The molecule has 2 heterocycles. The number of ether oxygens (including phenoxy) is 1. The molecular weight excluding hydrogens is 376 g/mol. The van der Waals surface area contributed by atoms with Crippen LogP contribution in [-0.4, -0.2) is 22.5 Å². The molecule has 1 aromatic carbocycles. The molecule has 6 heteroatoms. The zero-order valence-corrected chi connectivity index (χ0v) is 17.3. The number of unbranched alkanes of at least 4 members (excludes halogenated alkanes) is 1. The van der Waals surface area contributed by atoms with Crippen LogP contribution in [0.2, 0.25) is 0 Å². The van der Waals surface area contributed by atoms with Gasteiger partial charge in [-0.05, 0) is 53.4 Å². The number of nitrogens with one attached hydrogen (secondary N) is 2. The fraction of sp³-hybridized carbons (Fsp3) is 0.292. The Hall–Kier alpha value is -3.25. The quantitative estimate of drug-likeness (QED) is 0.476. The highest BCUT2D eigenvalue weighted by Crippen LogP contribution is 2.19. The van der Waals surface area contributed by atoms with Crippen molar-refractivity contribution in [3.05, 3.63) is 90.0 Å². The summed E-state index contributed by atoms with van der Waals surface area (Å²) in [6.45, 7) is 3.82. The minimum atomic E-state index is -0.489. The van der Waals surface area contributed by atoms with Crippen LogP contribution >= 0.6 is 0 Å². The first-order chi connectivity index (χ1) is 14.8. The normalized spacial score (nSPS) is 11.6. The molecule has 3 rings (SSSR count). The summed E-state index contributed by atoms with van der Waals surface area (Å²) in [5.41, 5.74) is 2.90. The van der Waals surface area contributed by atoms with Crippen LogP contribution in [-0.2, 0) is 17.9 Å². The van der Waals surface area contributed by atoms with Crippen molar-refractivity contribution in [2.24, 2.45) is 0 Å². The number of carbonyl (C=O) groups is 1. The molecule has 0 saturated carbocycles. The number of amides is 1. The SMILES string of the molecule is CCCCOc1ccc(C(NCc2cccnc2)C(=O)NCc2ccncc2)cc1. The molecule has 6 nitrogen and oxygen atoms in total. The van der Waals surface area contributed by atoms with E-state index in [9.17, 15) is 4.79 Å². The molecule has 0 radical (unpaired) electrons. The van der Waals surface area contributed by atoms with Crippen LogP contribution < -0.4 is 15.4 Å². The summed E-state index contributed by atoms with van der Waals surface area (Å²) in [5, 5.41) is 6.37. The lowest BCUT2D eigenvalue weighted by atomic mass is 10.1. The van der Waals surface area contributed by atoms with Crippen molar-refractivity contribution in [1.82, 2.24) is 20.6 Å². The molecule has 0 aliphatic heterocycles. The number of aromatic nitrogens is 2. The van der Waals surface area contributed by atoms with E-state index in [4.69, 9.17) is 4.74 Å². The van der Waals surface area contributed by atoms with E-state index in [1.54, 1.807) is 24.8 Å². The standard InChI is InChI=1S/C24H28N4O2/c1-2-3-15-30-22-8-6-21(7-9-22)23(27-18-20-5-4-12-26-16-20)24(29)28-17-19-10-13-25-14-11-19/h4-14,16,23,27H,2-3,15,17-18H2,1H3,(H,28,29). The Balaban J connectivity index is 1.68. The molecule has 0 aliphatic carbocycles. The van der Waals surface area contributed by atoms with Crippen molar-refractivity contribution < 1.29 is 9.53 Å². The van der Waals surface area contributed by atoms with Crippen molar-refractivity contribution in [3.8, 4) is 5.75 Å². The van der Waals surface area contributed by atoms with Crippen LogP contribution in [0.15, 0.2) is 73.3 Å². The molecule has 0 fully saturated rings. The second-order valence-electron chi connectivity index (χ2n) is 7.02. The second-order valence-corrected chi connectivity index (χ2v) is 7.02. The van der Waals surface area contributed by atoms with Crippen LogP contribution in [0.4, 0.5) is 0 Å². The van der Waals surface area contributed by atoms with Gasteiger partial charge in [-0.1, -0.05) is 31.5 Å². The Morgan fingerprint density at radius 2 is 1.77 bits per heavy atom. The predicted molar refractivity (Wildman–Crippen MR) is 117 cm³/mol. The summed E-state index contributed by atoms with van der Waals surface area (Å²) in [7, 11) is 0. The van der Waals surface area contributed by atoms with E-state index in [1.165, 1.54) is 0 Å². The first kappa shape index (κ1) is 21.5. The van der Waals surface area contributed by atoms with Crippen LogP contribution in [0.25, 0.3) is 0 Å². The molecular formula is C24H28N4O2. The first-order valence-electron chi connectivity index (χ1n) is 10.3.